The molecule has 2 amide bonds. The molecule has 2 aromatic rings. The molecule has 0 radical (unpaired) electrons. The first-order valence-electron chi connectivity index (χ1n) is 7.94. The molecular weight excluding hydrogens is 324 g/mol. The molecule has 0 spiro atoms. The van der Waals surface area contributed by atoms with E-state index in [0.717, 1.165) is 5.01 Å². The Hall–Kier alpha value is -2.28. The Labute approximate surface area is 145 Å². The van der Waals surface area contributed by atoms with Crippen LogP contribution >= 0.6 is 11.3 Å². The van der Waals surface area contributed by atoms with Gasteiger partial charge in [-0.25, -0.2) is 0 Å². The number of hydrogen-bond acceptors (Lipinski definition) is 5. The molecule has 128 valence electrons. The highest BCUT2D eigenvalue weighted by Gasteiger charge is 2.22. The Bertz CT molecular complexity index is 685. The van der Waals surface area contributed by atoms with Crippen molar-refractivity contribution in [2.24, 2.45) is 0 Å². The topological polar surface area (TPSA) is 75.2 Å². The van der Waals surface area contributed by atoms with Gasteiger partial charge in [-0.1, -0.05) is 29.5 Å². The summed E-state index contributed by atoms with van der Waals surface area (Å²) in [6, 6.07) is 9.05. The van der Waals surface area contributed by atoms with Crippen LogP contribution < -0.4 is 10.2 Å². The van der Waals surface area contributed by atoms with Gasteiger partial charge in [0.1, 0.15) is 5.01 Å². The Morgan fingerprint density at radius 2 is 1.92 bits per heavy atom. The number of rotatable bonds is 7. The number of aryl methyl sites for hydroxylation is 1. The van der Waals surface area contributed by atoms with Crippen LogP contribution in [0.4, 0.5) is 5.13 Å². The molecule has 0 saturated heterocycles. The second kappa shape index (κ2) is 8.54. The number of anilines is 1. The van der Waals surface area contributed by atoms with E-state index < -0.39 is 0 Å². The summed E-state index contributed by atoms with van der Waals surface area (Å²) in [6.45, 7) is 6.22. The Kier molecular flexibility index (Phi) is 6.43. The zero-order chi connectivity index (χ0) is 17.5. The normalized spacial score (nSPS) is 10.7. The van der Waals surface area contributed by atoms with Gasteiger partial charge in [0.15, 0.2) is 0 Å². The quantitative estimate of drug-likeness (QED) is 0.782. The first-order chi connectivity index (χ1) is 11.5. The predicted octanol–water partition coefficient (Wildman–Crippen LogP) is 2.80. The molecule has 2 rings (SSSR count). The number of carbonyl (C=O) groups is 2. The van der Waals surface area contributed by atoms with Crippen molar-refractivity contribution >= 4 is 28.3 Å². The molecule has 6 nitrogen and oxygen atoms in total. The highest BCUT2D eigenvalue weighted by molar-refractivity contribution is 7.15. The van der Waals surface area contributed by atoms with E-state index in [2.05, 4.69) is 15.5 Å². The standard InChI is InChI=1S/C17H22N4O2S/c1-12(2)21(17-20-19-13(3)24-17)15(22)10-7-11-18-16(23)14-8-5-4-6-9-14/h4-6,8-9,12H,7,10-11H2,1-3H3,(H,18,23). The van der Waals surface area contributed by atoms with Crippen LogP contribution in [0.5, 0.6) is 0 Å². The molecule has 0 fully saturated rings. The minimum atomic E-state index is -0.122. The van der Waals surface area contributed by atoms with Gasteiger partial charge in [-0.2, -0.15) is 0 Å². The third-order valence-electron chi connectivity index (χ3n) is 3.40. The molecule has 0 aliphatic carbocycles. The molecule has 0 aliphatic heterocycles. The Morgan fingerprint density at radius 3 is 2.50 bits per heavy atom. The molecule has 7 heteroatoms. The molecule has 1 heterocycles. The van der Waals surface area contributed by atoms with Gasteiger partial charge in [0.25, 0.3) is 5.91 Å². The van der Waals surface area contributed by atoms with E-state index in [1.807, 2.05) is 39.0 Å². The molecule has 24 heavy (non-hydrogen) atoms. The van der Waals surface area contributed by atoms with Gasteiger partial charge in [0.2, 0.25) is 11.0 Å². The number of benzene rings is 1. The van der Waals surface area contributed by atoms with E-state index in [1.54, 1.807) is 17.0 Å². The van der Waals surface area contributed by atoms with Crippen LogP contribution in [0.3, 0.4) is 0 Å². The lowest BCUT2D eigenvalue weighted by atomic mass is 10.2. The second-order valence-electron chi connectivity index (χ2n) is 5.69. The van der Waals surface area contributed by atoms with Gasteiger partial charge in [0.05, 0.1) is 0 Å². The number of nitrogens with one attached hydrogen (secondary N) is 1. The van der Waals surface area contributed by atoms with Crippen LogP contribution in [0.15, 0.2) is 30.3 Å². The smallest absolute Gasteiger partial charge is 0.251 e. The van der Waals surface area contributed by atoms with Crippen LogP contribution in [0, 0.1) is 6.92 Å². The molecule has 1 aromatic heterocycles. The predicted molar refractivity (Wildman–Crippen MR) is 95.3 cm³/mol. The van der Waals surface area contributed by atoms with Crippen LogP contribution in [-0.2, 0) is 4.79 Å². The first kappa shape index (κ1) is 18.1. The Morgan fingerprint density at radius 1 is 1.21 bits per heavy atom. The van der Waals surface area contributed by atoms with Gasteiger partial charge in [-0.3, -0.25) is 14.5 Å². The highest BCUT2D eigenvalue weighted by atomic mass is 32.1. The van der Waals surface area contributed by atoms with E-state index in [0.29, 0.717) is 30.1 Å². The minimum Gasteiger partial charge on any atom is -0.352 e. The summed E-state index contributed by atoms with van der Waals surface area (Å²) in [5.41, 5.74) is 0.622. The van der Waals surface area contributed by atoms with E-state index in [9.17, 15) is 9.59 Å². The number of aromatic nitrogens is 2. The van der Waals surface area contributed by atoms with Crippen LogP contribution in [-0.4, -0.2) is 34.6 Å². The summed E-state index contributed by atoms with van der Waals surface area (Å²) in [4.78, 5) is 26.1. The zero-order valence-electron chi connectivity index (χ0n) is 14.2. The summed E-state index contributed by atoms with van der Waals surface area (Å²) in [6.07, 6.45) is 0.935. The molecule has 0 aliphatic rings. The van der Waals surface area contributed by atoms with Gasteiger partial charge >= 0.3 is 0 Å². The minimum absolute atomic E-state index is 0.00453. The Balaban J connectivity index is 1.82. The number of carbonyl (C=O) groups excluding carboxylic acids is 2. The molecule has 0 bridgehead atoms. The monoisotopic (exact) mass is 346 g/mol. The summed E-state index contributed by atoms with van der Waals surface area (Å²) in [7, 11) is 0. The first-order valence-corrected chi connectivity index (χ1v) is 8.76. The lowest BCUT2D eigenvalue weighted by Crippen LogP contribution is -2.37. The highest BCUT2D eigenvalue weighted by Crippen LogP contribution is 2.22. The van der Waals surface area contributed by atoms with Crippen molar-refractivity contribution in [3.05, 3.63) is 40.9 Å². The van der Waals surface area contributed by atoms with Gasteiger partial charge in [-0.15, -0.1) is 10.2 Å². The van der Waals surface area contributed by atoms with Crippen molar-refractivity contribution in [2.75, 3.05) is 11.4 Å². The maximum Gasteiger partial charge on any atom is 0.251 e. The van der Waals surface area contributed by atoms with E-state index in [-0.39, 0.29) is 17.9 Å². The summed E-state index contributed by atoms with van der Waals surface area (Å²) in [5, 5.41) is 12.3. The molecule has 1 aromatic carbocycles. The summed E-state index contributed by atoms with van der Waals surface area (Å²) >= 11 is 1.41. The average molecular weight is 346 g/mol. The molecule has 0 saturated carbocycles. The van der Waals surface area contributed by atoms with Crippen molar-refractivity contribution in [1.82, 2.24) is 15.5 Å². The summed E-state index contributed by atoms with van der Waals surface area (Å²) in [5.74, 6) is -0.126. The van der Waals surface area contributed by atoms with Gasteiger partial charge in [0, 0.05) is 24.6 Å². The van der Waals surface area contributed by atoms with E-state index >= 15 is 0 Å². The van der Waals surface area contributed by atoms with E-state index in [1.165, 1.54) is 11.3 Å². The van der Waals surface area contributed by atoms with Crippen molar-refractivity contribution in [3.63, 3.8) is 0 Å². The zero-order valence-corrected chi connectivity index (χ0v) is 15.0. The lowest BCUT2D eigenvalue weighted by molar-refractivity contribution is -0.119. The third kappa shape index (κ3) is 4.86. The van der Waals surface area contributed by atoms with Crippen molar-refractivity contribution < 1.29 is 9.59 Å². The van der Waals surface area contributed by atoms with Crippen LogP contribution in [0.2, 0.25) is 0 Å². The maximum absolute atomic E-state index is 12.5. The van der Waals surface area contributed by atoms with Gasteiger partial charge in [-0.05, 0) is 39.3 Å². The van der Waals surface area contributed by atoms with Crippen LogP contribution in [0.25, 0.3) is 0 Å². The van der Waals surface area contributed by atoms with Gasteiger partial charge < -0.3 is 5.32 Å². The largest absolute Gasteiger partial charge is 0.352 e. The number of amides is 2. The molecular formula is C17H22N4O2S. The van der Waals surface area contributed by atoms with Crippen LogP contribution in [0.1, 0.15) is 42.1 Å². The number of nitrogens with zero attached hydrogens (tertiary/aromatic N) is 3. The molecule has 1 N–H and O–H groups in total. The summed E-state index contributed by atoms with van der Waals surface area (Å²) < 4.78 is 0. The third-order valence-corrected chi connectivity index (χ3v) is 4.23. The second-order valence-corrected chi connectivity index (χ2v) is 6.85. The van der Waals surface area contributed by atoms with E-state index in [4.69, 9.17) is 0 Å². The van der Waals surface area contributed by atoms with Crippen molar-refractivity contribution in [2.45, 2.75) is 39.7 Å². The average Bonchev–Trinajstić information content (AvgIpc) is 2.98. The fraction of sp³-hybridized carbons (Fsp3) is 0.412. The number of hydrogen-bond donors (Lipinski definition) is 1. The lowest BCUT2D eigenvalue weighted by Gasteiger charge is -2.23. The SMILES string of the molecule is Cc1nnc(N(C(=O)CCCNC(=O)c2ccccc2)C(C)C)s1. The fourth-order valence-corrected chi connectivity index (χ4v) is 3.09. The molecule has 0 atom stereocenters. The molecule has 0 unspecified atom stereocenters. The maximum atomic E-state index is 12.5. The van der Waals surface area contributed by atoms with Crippen molar-refractivity contribution in [3.8, 4) is 0 Å². The van der Waals surface area contributed by atoms with Crippen molar-refractivity contribution in [1.29, 1.82) is 0 Å². The fourth-order valence-electron chi connectivity index (χ4n) is 2.25.